The number of hydrogen-bond acceptors (Lipinski definition) is 4. The molecule has 0 radical (unpaired) electrons. The average Bonchev–Trinajstić information content (AvgIpc) is 2.70. The standard InChI is InChI=1S/C20H14Cl3N3O3S/c21-13-8-10-14(11-9-13)30(28,29)26-19-7-2-1-4-15(19)20(27)25-24-12-16-17(22)5-3-6-18(16)23/h1-12,26H,(H,25,27)/b24-12-. The van der Waals surface area contributed by atoms with Gasteiger partial charge in [-0.15, -0.1) is 0 Å². The Morgan fingerprint density at radius 1 is 0.867 bits per heavy atom. The Labute approximate surface area is 188 Å². The van der Waals surface area contributed by atoms with Crippen molar-refractivity contribution in [3.63, 3.8) is 0 Å². The molecule has 0 spiro atoms. The number of halogens is 3. The number of nitrogens with one attached hydrogen (secondary N) is 2. The van der Waals surface area contributed by atoms with E-state index in [2.05, 4.69) is 15.2 Å². The lowest BCUT2D eigenvalue weighted by Gasteiger charge is -2.12. The normalized spacial score (nSPS) is 11.4. The smallest absolute Gasteiger partial charge is 0.273 e. The number of anilines is 1. The zero-order chi connectivity index (χ0) is 21.7. The van der Waals surface area contributed by atoms with Gasteiger partial charge in [0, 0.05) is 10.6 Å². The highest BCUT2D eigenvalue weighted by atomic mass is 35.5. The molecule has 0 bridgehead atoms. The van der Waals surface area contributed by atoms with Gasteiger partial charge < -0.3 is 0 Å². The van der Waals surface area contributed by atoms with E-state index >= 15 is 0 Å². The lowest BCUT2D eigenvalue weighted by atomic mass is 10.2. The fourth-order valence-electron chi connectivity index (χ4n) is 2.44. The molecule has 0 aliphatic rings. The Morgan fingerprint density at radius 3 is 2.17 bits per heavy atom. The molecule has 154 valence electrons. The van der Waals surface area contributed by atoms with E-state index in [1.807, 2.05) is 0 Å². The fourth-order valence-corrected chi connectivity index (χ4v) is 4.14. The third kappa shape index (κ3) is 5.31. The van der Waals surface area contributed by atoms with Crippen LogP contribution in [0.4, 0.5) is 5.69 Å². The predicted octanol–water partition coefficient (Wildman–Crippen LogP) is 5.21. The van der Waals surface area contributed by atoms with E-state index in [0.717, 1.165) is 0 Å². The lowest BCUT2D eigenvalue weighted by molar-refractivity contribution is 0.0956. The first-order valence-electron chi connectivity index (χ1n) is 8.43. The van der Waals surface area contributed by atoms with Crippen LogP contribution in [0.5, 0.6) is 0 Å². The number of carbonyl (C=O) groups excluding carboxylic acids is 1. The van der Waals surface area contributed by atoms with Crippen molar-refractivity contribution in [2.45, 2.75) is 4.90 Å². The van der Waals surface area contributed by atoms with Gasteiger partial charge in [-0.05, 0) is 48.5 Å². The van der Waals surface area contributed by atoms with Crippen molar-refractivity contribution in [2.24, 2.45) is 5.10 Å². The first-order chi connectivity index (χ1) is 14.3. The summed E-state index contributed by atoms with van der Waals surface area (Å²) < 4.78 is 27.6. The van der Waals surface area contributed by atoms with Gasteiger partial charge in [0.1, 0.15) is 0 Å². The Hall–Kier alpha value is -2.58. The van der Waals surface area contributed by atoms with Crippen LogP contribution in [0.2, 0.25) is 15.1 Å². The number of sulfonamides is 1. The Morgan fingerprint density at radius 2 is 1.50 bits per heavy atom. The summed E-state index contributed by atoms with van der Waals surface area (Å²) in [6, 6.07) is 16.7. The monoisotopic (exact) mass is 481 g/mol. The molecule has 0 heterocycles. The minimum absolute atomic E-state index is 0.00786. The van der Waals surface area contributed by atoms with Crippen molar-refractivity contribution in [1.29, 1.82) is 0 Å². The molecule has 1 amide bonds. The molecule has 0 saturated heterocycles. The fraction of sp³-hybridized carbons (Fsp3) is 0. The molecule has 0 unspecified atom stereocenters. The summed E-state index contributed by atoms with van der Waals surface area (Å²) in [4.78, 5) is 12.6. The number of amides is 1. The van der Waals surface area contributed by atoms with Gasteiger partial charge in [-0.25, -0.2) is 13.8 Å². The van der Waals surface area contributed by atoms with Gasteiger partial charge in [-0.2, -0.15) is 5.10 Å². The second-order valence-electron chi connectivity index (χ2n) is 5.94. The second kappa shape index (κ2) is 9.49. The summed E-state index contributed by atoms with van der Waals surface area (Å²) in [5.74, 6) is -0.621. The SMILES string of the molecule is O=C(N/N=C\c1c(Cl)cccc1Cl)c1ccccc1NS(=O)(=O)c1ccc(Cl)cc1. The largest absolute Gasteiger partial charge is 0.279 e. The van der Waals surface area contributed by atoms with E-state index in [9.17, 15) is 13.2 Å². The summed E-state index contributed by atoms with van der Waals surface area (Å²) in [6.45, 7) is 0. The van der Waals surface area contributed by atoms with Crippen LogP contribution in [0.3, 0.4) is 0 Å². The van der Waals surface area contributed by atoms with Crippen molar-refractivity contribution < 1.29 is 13.2 Å². The van der Waals surface area contributed by atoms with Gasteiger partial charge in [-0.1, -0.05) is 53.0 Å². The maximum absolute atomic E-state index is 12.6. The zero-order valence-electron chi connectivity index (χ0n) is 15.1. The number of para-hydroxylation sites is 1. The summed E-state index contributed by atoms with van der Waals surface area (Å²) in [5, 5.41) is 5.01. The third-order valence-electron chi connectivity index (χ3n) is 3.90. The molecule has 0 aliphatic carbocycles. The van der Waals surface area contributed by atoms with Crippen LogP contribution < -0.4 is 10.1 Å². The van der Waals surface area contributed by atoms with Crippen LogP contribution in [0, 0.1) is 0 Å². The molecule has 0 aliphatic heterocycles. The second-order valence-corrected chi connectivity index (χ2v) is 8.87. The molecule has 3 aromatic rings. The van der Waals surface area contributed by atoms with Crippen molar-refractivity contribution >= 4 is 62.6 Å². The first-order valence-corrected chi connectivity index (χ1v) is 11.0. The van der Waals surface area contributed by atoms with E-state index in [4.69, 9.17) is 34.8 Å². The minimum atomic E-state index is -3.92. The maximum Gasteiger partial charge on any atom is 0.273 e. The van der Waals surface area contributed by atoms with Gasteiger partial charge in [0.05, 0.1) is 32.4 Å². The van der Waals surface area contributed by atoms with E-state index < -0.39 is 15.9 Å². The van der Waals surface area contributed by atoms with Crippen molar-refractivity contribution in [3.8, 4) is 0 Å². The van der Waals surface area contributed by atoms with Crippen LogP contribution in [-0.2, 0) is 10.0 Å². The number of carbonyl (C=O) groups is 1. The highest BCUT2D eigenvalue weighted by Gasteiger charge is 2.18. The maximum atomic E-state index is 12.6. The molecule has 3 aromatic carbocycles. The molecule has 2 N–H and O–H groups in total. The number of hydrazone groups is 1. The molecule has 3 rings (SSSR count). The van der Waals surface area contributed by atoms with E-state index in [-0.39, 0.29) is 16.1 Å². The number of rotatable bonds is 6. The molecular weight excluding hydrogens is 469 g/mol. The van der Waals surface area contributed by atoms with E-state index in [1.54, 1.807) is 30.3 Å². The van der Waals surface area contributed by atoms with Gasteiger partial charge in [0.15, 0.2) is 0 Å². The molecule has 0 atom stereocenters. The van der Waals surface area contributed by atoms with Crippen molar-refractivity contribution in [2.75, 3.05) is 4.72 Å². The van der Waals surface area contributed by atoms with Gasteiger partial charge in [-0.3, -0.25) is 9.52 Å². The number of hydrogen-bond donors (Lipinski definition) is 2. The summed E-state index contributed by atoms with van der Waals surface area (Å²) in [6.07, 6.45) is 1.31. The summed E-state index contributed by atoms with van der Waals surface area (Å²) in [5.41, 5.74) is 2.95. The molecule has 0 aromatic heterocycles. The first kappa shape index (κ1) is 22.1. The average molecular weight is 483 g/mol. The van der Waals surface area contributed by atoms with Gasteiger partial charge in [0.25, 0.3) is 15.9 Å². The zero-order valence-corrected chi connectivity index (χ0v) is 18.2. The van der Waals surface area contributed by atoms with Crippen LogP contribution in [0.15, 0.2) is 76.7 Å². The Balaban J connectivity index is 1.80. The molecule has 10 heteroatoms. The molecule has 30 heavy (non-hydrogen) atoms. The number of benzene rings is 3. The lowest BCUT2D eigenvalue weighted by Crippen LogP contribution is -2.21. The highest BCUT2D eigenvalue weighted by molar-refractivity contribution is 7.92. The highest BCUT2D eigenvalue weighted by Crippen LogP contribution is 2.23. The van der Waals surface area contributed by atoms with Crippen LogP contribution in [0.1, 0.15) is 15.9 Å². The van der Waals surface area contributed by atoms with E-state index in [0.29, 0.717) is 20.6 Å². The quantitative estimate of drug-likeness (QED) is 0.373. The predicted molar refractivity (Wildman–Crippen MR) is 120 cm³/mol. The summed E-state index contributed by atoms with van der Waals surface area (Å²) in [7, 11) is -3.92. The van der Waals surface area contributed by atoms with E-state index in [1.165, 1.54) is 42.6 Å². The van der Waals surface area contributed by atoms with Gasteiger partial charge >= 0.3 is 0 Å². The third-order valence-corrected chi connectivity index (χ3v) is 6.19. The molecule has 0 fully saturated rings. The van der Waals surface area contributed by atoms with Crippen molar-refractivity contribution in [3.05, 3.63) is 92.9 Å². The van der Waals surface area contributed by atoms with Crippen LogP contribution in [-0.4, -0.2) is 20.5 Å². The molecule has 0 saturated carbocycles. The summed E-state index contributed by atoms with van der Waals surface area (Å²) >= 11 is 17.9. The molecule has 6 nitrogen and oxygen atoms in total. The van der Waals surface area contributed by atoms with Crippen molar-refractivity contribution in [1.82, 2.24) is 5.43 Å². The number of nitrogens with zero attached hydrogens (tertiary/aromatic N) is 1. The van der Waals surface area contributed by atoms with Crippen LogP contribution >= 0.6 is 34.8 Å². The Bertz CT molecular complexity index is 1190. The topological polar surface area (TPSA) is 87.6 Å². The molecular formula is C20H14Cl3N3O3S. The van der Waals surface area contributed by atoms with Gasteiger partial charge in [0.2, 0.25) is 0 Å². The Kier molecular flexibility index (Phi) is 6.99. The minimum Gasteiger partial charge on any atom is -0.279 e. The van der Waals surface area contributed by atoms with Crippen LogP contribution in [0.25, 0.3) is 0 Å².